The van der Waals surface area contributed by atoms with Gasteiger partial charge in [0.2, 0.25) is 0 Å². The van der Waals surface area contributed by atoms with Crippen LogP contribution in [0.25, 0.3) is 0 Å². The van der Waals surface area contributed by atoms with Gasteiger partial charge in [-0.25, -0.2) is 0 Å². The standard InChI is InChI=1S/C32H64O6/c1-2-3-4-5-6-7-8-9-10-11-12-13-14-15-16-17-18-19-20-21-22-23-24-25-26-37-32-31(36)30(35)29(34)28(27-33)38-32/h28-36H,2-27H2,1H3/t28-,29-,30+,31-,32?/m1/s1. The average molecular weight is 545 g/mol. The largest absolute Gasteiger partial charge is 0.394 e. The van der Waals surface area contributed by atoms with Crippen LogP contribution in [0.2, 0.25) is 0 Å². The van der Waals surface area contributed by atoms with Gasteiger partial charge in [0.05, 0.1) is 6.61 Å². The van der Waals surface area contributed by atoms with E-state index >= 15 is 0 Å². The molecule has 4 N–H and O–H groups in total. The molecule has 1 aliphatic heterocycles. The van der Waals surface area contributed by atoms with Gasteiger partial charge in [-0.1, -0.05) is 155 Å². The summed E-state index contributed by atoms with van der Waals surface area (Å²) in [7, 11) is 0. The second-order valence-electron chi connectivity index (χ2n) is 11.7. The molecule has 0 aromatic carbocycles. The average Bonchev–Trinajstić information content (AvgIpc) is 2.92. The number of hydrogen-bond donors (Lipinski definition) is 4. The first kappa shape index (κ1) is 35.8. The summed E-state index contributed by atoms with van der Waals surface area (Å²) >= 11 is 0. The van der Waals surface area contributed by atoms with Gasteiger partial charge in [-0.05, 0) is 6.42 Å². The smallest absolute Gasteiger partial charge is 0.186 e. The van der Waals surface area contributed by atoms with E-state index in [-0.39, 0.29) is 0 Å². The quantitative estimate of drug-likeness (QED) is 0.0817. The highest BCUT2D eigenvalue weighted by molar-refractivity contribution is 4.88. The summed E-state index contributed by atoms with van der Waals surface area (Å²) in [6.07, 6.45) is 26.7. The molecule has 5 atom stereocenters. The van der Waals surface area contributed by atoms with Gasteiger partial charge in [-0.2, -0.15) is 0 Å². The lowest BCUT2D eigenvalue weighted by atomic mass is 9.99. The van der Waals surface area contributed by atoms with Gasteiger partial charge in [0.15, 0.2) is 6.29 Å². The van der Waals surface area contributed by atoms with Crippen LogP contribution in [0.15, 0.2) is 0 Å². The number of ether oxygens (including phenoxy) is 2. The molecule has 1 fully saturated rings. The van der Waals surface area contributed by atoms with Crippen LogP contribution in [0, 0.1) is 0 Å². The Morgan fingerprint density at radius 2 is 0.816 bits per heavy atom. The van der Waals surface area contributed by atoms with E-state index in [4.69, 9.17) is 9.47 Å². The minimum absolute atomic E-state index is 0.426. The minimum atomic E-state index is -1.37. The van der Waals surface area contributed by atoms with Crippen molar-refractivity contribution < 1.29 is 29.9 Å². The van der Waals surface area contributed by atoms with E-state index in [1.807, 2.05) is 0 Å². The van der Waals surface area contributed by atoms with Crippen molar-refractivity contribution in [1.29, 1.82) is 0 Å². The van der Waals surface area contributed by atoms with E-state index in [9.17, 15) is 20.4 Å². The summed E-state index contributed by atoms with van der Waals surface area (Å²) in [5.41, 5.74) is 0. The van der Waals surface area contributed by atoms with Gasteiger partial charge in [0.1, 0.15) is 24.4 Å². The van der Waals surface area contributed by atoms with E-state index in [0.717, 1.165) is 12.8 Å². The summed E-state index contributed by atoms with van der Waals surface area (Å²) in [5.74, 6) is 0. The number of aliphatic hydroxyl groups is 4. The van der Waals surface area contributed by atoms with Crippen molar-refractivity contribution in [2.45, 2.75) is 192 Å². The van der Waals surface area contributed by atoms with Gasteiger partial charge >= 0.3 is 0 Å². The second kappa shape index (κ2) is 25.7. The van der Waals surface area contributed by atoms with Crippen molar-refractivity contribution in [3.8, 4) is 0 Å². The Labute approximate surface area is 234 Å². The zero-order chi connectivity index (χ0) is 27.7. The molecule has 1 heterocycles. The Kier molecular flexibility index (Phi) is 24.2. The van der Waals surface area contributed by atoms with E-state index in [1.165, 1.54) is 141 Å². The van der Waals surface area contributed by atoms with E-state index in [2.05, 4.69) is 6.92 Å². The molecule has 0 spiro atoms. The molecule has 0 saturated carbocycles. The molecule has 0 aromatic rings. The molecule has 1 unspecified atom stereocenters. The first-order chi connectivity index (χ1) is 18.6. The molecule has 1 saturated heterocycles. The highest BCUT2D eigenvalue weighted by atomic mass is 16.7. The second-order valence-corrected chi connectivity index (χ2v) is 11.7. The molecule has 6 nitrogen and oxygen atoms in total. The molecule has 1 aliphatic rings. The fraction of sp³-hybridized carbons (Fsp3) is 1.00. The Balaban J connectivity index is 1.74. The fourth-order valence-corrected chi connectivity index (χ4v) is 5.47. The Bertz CT molecular complexity index is 489. The third kappa shape index (κ3) is 18.2. The lowest BCUT2D eigenvalue weighted by molar-refractivity contribution is -0.301. The molecule has 0 aliphatic carbocycles. The zero-order valence-electron chi connectivity index (χ0n) is 24.9. The summed E-state index contributed by atoms with van der Waals surface area (Å²) < 4.78 is 10.9. The highest BCUT2D eigenvalue weighted by Crippen LogP contribution is 2.22. The number of unbranched alkanes of at least 4 members (excludes halogenated alkanes) is 23. The van der Waals surface area contributed by atoms with Crippen molar-refractivity contribution in [1.82, 2.24) is 0 Å². The fourth-order valence-electron chi connectivity index (χ4n) is 5.47. The third-order valence-electron chi connectivity index (χ3n) is 8.13. The Morgan fingerprint density at radius 1 is 0.474 bits per heavy atom. The maximum Gasteiger partial charge on any atom is 0.186 e. The predicted molar refractivity (Wildman–Crippen MR) is 156 cm³/mol. The summed E-state index contributed by atoms with van der Waals surface area (Å²) in [6.45, 7) is 2.29. The minimum Gasteiger partial charge on any atom is -0.394 e. The molecule has 0 bridgehead atoms. The van der Waals surface area contributed by atoms with E-state index in [0.29, 0.717) is 6.61 Å². The lowest BCUT2D eigenvalue weighted by Gasteiger charge is -2.39. The normalized spacial score (nSPS) is 23.8. The third-order valence-corrected chi connectivity index (χ3v) is 8.13. The molecule has 228 valence electrons. The van der Waals surface area contributed by atoms with Gasteiger partial charge in [-0.3, -0.25) is 0 Å². The van der Waals surface area contributed by atoms with Crippen molar-refractivity contribution in [2.75, 3.05) is 13.2 Å². The number of rotatable bonds is 27. The van der Waals surface area contributed by atoms with Crippen LogP contribution in [-0.4, -0.2) is 64.3 Å². The maximum absolute atomic E-state index is 9.97. The Morgan fingerprint density at radius 3 is 1.16 bits per heavy atom. The first-order valence-corrected chi connectivity index (χ1v) is 16.5. The molecule has 6 heteroatoms. The van der Waals surface area contributed by atoms with Gasteiger partial charge in [0.25, 0.3) is 0 Å². The van der Waals surface area contributed by atoms with E-state index < -0.39 is 37.3 Å². The van der Waals surface area contributed by atoms with Crippen molar-refractivity contribution in [3.05, 3.63) is 0 Å². The van der Waals surface area contributed by atoms with Gasteiger partial charge in [0, 0.05) is 6.61 Å². The summed E-state index contributed by atoms with van der Waals surface area (Å²) in [5, 5.41) is 38.8. The van der Waals surface area contributed by atoms with Crippen molar-refractivity contribution in [2.24, 2.45) is 0 Å². The molecule has 0 radical (unpaired) electrons. The van der Waals surface area contributed by atoms with Crippen LogP contribution >= 0.6 is 0 Å². The van der Waals surface area contributed by atoms with Gasteiger partial charge in [-0.15, -0.1) is 0 Å². The number of hydrogen-bond acceptors (Lipinski definition) is 6. The van der Waals surface area contributed by atoms with Crippen LogP contribution in [0.4, 0.5) is 0 Å². The van der Waals surface area contributed by atoms with Crippen LogP contribution in [0.1, 0.15) is 161 Å². The summed E-state index contributed by atoms with van der Waals surface area (Å²) in [4.78, 5) is 0. The van der Waals surface area contributed by atoms with Crippen LogP contribution < -0.4 is 0 Å². The molecular formula is C32H64O6. The van der Waals surface area contributed by atoms with Crippen molar-refractivity contribution >= 4 is 0 Å². The van der Waals surface area contributed by atoms with Crippen LogP contribution in [-0.2, 0) is 9.47 Å². The van der Waals surface area contributed by atoms with Crippen molar-refractivity contribution in [3.63, 3.8) is 0 Å². The molecule has 38 heavy (non-hydrogen) atoms. The molecule has 0 amide bonds. The van der Waals surface area contributed by atoms with E-state index in [1.54, 1.807) is 0 Å². The molecular weight excluding hydrogens is 480 g/mol. The molecule has 0 aromatic heterocycles. The number of aliphatic hydroxyl groups excluding tert-OH is 4. The monoisotopic (exact) mass is 544 g/mol. The van der Waals surface area contributed by atoms with Gasteiger partial charge < -0.3 is 29.9 Å². The predicted octanol–water partition coefficient (Wildman–Crippen LogP) is 7.19. The zero-order valence-corrected chi connectivity index (χ0v) is 24.9. The van der Waals surface area contributed by atoms with Crippen LogP contribution in [0.5, 0.6) is 0 Å². The highest BCUT2D eigenvalue weighted by Gasteiger charge is 2.43. The lowest BCUT2D eigenvalue weighted by Crippen LogP contribution is -2.59. The maximum atomic E-state index is 9.97. The molecule has 1 rings (SSSR count). The SMILES string of the molecule is CCCCCCCCCCCCCCCCCCCCCCCCCCOC1O[C@H](CO)[C@@H](O)[C@H](O)[C@H]1O. The topological polar surface area (TPSA) is 99.4 Å². The van der Waals surface area contributed by atoms with Crippen LogP contribution in [0.3, 0.4) is 0 Å². The summed E-state index contributed by atoms with van der Waals surface area (Å²) in [6, 6.07) is 0. The first-order valence-electron chi connectivity index (χ1n) is 16.5. The Hall–Kier alpha value is -0.240.